The van der Waals surface area contributed by atoms with Crippen LogP contribution in [0.15, 0.2) is 36.4 Å². The number of aromatic nitrogens is 1. The van der Waals surface area contributed by atoms with E-state index in [1.54, 1.807) is 0 Å². The summed E-state index contributed by atoms with van der Waals surface area (Å²) in [5.74, 6) is 0. The van der Waals surface area contributed by atoms with E-state index in [0.717, 1.165) is 12.1 Å². The molecule has 6 heteroatoms. The first-order chi connectivity index (χ1) is 8.91. The lowest BCUT2D eigenvalue weighted by atomic mass is 10.1. The molecule has 1 heterocycles. The van der Waals surface area contributed by atoms with Crippen LogP contribution in [0.3, 0.4) is 0 Å². The number of hydrogen-bond acceptors (Lipinski definition) is 2. The third-order valence-electron chi connectivity index (χ3n) is 2.49. The van der Waals surface area contributed by atoms with E-state index >= 15 is 0 Å². The maximum Gasteiger partial charge on any atom is 0.416 e. The Labute approximate surface area is 111 Å². The fraction of sp³-hybridized carbons (Fsp3) is 0.0769. The topological polar surface area (TPSA) is 30.0 Å². The molecule has 98 valence electrons. The Balaban J connectivity index is 2.48. The molecule has 1 aromatic heterocycles. The zero-order chi connectivity index (χ0) is 14.0. The minimum Gasteiger partial charge on any atom is -0.298 e. The summed E-state index contributed by atoms with van der Waals surface area (Å²) in [5.41, 5.74) is -0.00403. The Bertz CT molecular complexity index is 626. The Hall–Kier alpha value is -1.88. The van der Waals surface area contributed by atoms with Gasteiger partial charge in [-0.1, -0.05) is 23.7 Å². The largest absolute Gasteiger partial charge is 0.416 e. The molecule has 0 saturated heterocycles. The molecule has 0 bridgehead atoms. The summed E-state index contributed by atoms with van der Waals surface area (Å²) in [6, 6.07) is 7.61. The van der Waals surface area contributed by atoms with Crippen LogP contribution in [-0.2, 0) is 6.18 Å². The highest BCUT2D eigenvalue weighted by Crippen LogP contribution is 2.32. The van der Waals surface area contributed by atoms with E-state index in [4.69, 9.17) is 11.6 Å². The molecule has 0 radical (unpaired) electrons. The molecule has 0 amide bonds. The molecule has 0 unspecified atom stereocenters. The predicted octanol–water partition coefficient (Wildman–Crippen LogP) is 4.23. The van der Waals surface area contributed by atoms with Crippen molar-refractivity contribution < 1.29 is 18.0 Å². The van der Waals surface area contributed by atoms with Gasteiger partial charge in [0.1, 0.15) is 5.15 Å². The van der Waals surface area contributed by atoms with E-state index in [1.807, 2.05) is 0 Å². The summed E-state index contributed by atoms with van der Waals surface area (Å²) in [6.07, 6.45) is -3.88. The summed E-state index contributed by atoms with van der Waals surface area (Å²) in [5, 5.41) is -0.0371. The predicted molar refractivity (Wildman–Crippen MR) is 65.1 cm³/mol. The molecule has 1 aromatic carbocycles. The number of pyridine rings is 1. The van der Waals surface area contributed by atoms with Crippen LogP contribution in [0, 0.1) is 0 Å². The van der Waals surface area contributed by atoms with Crippen molar-refractivity contribution >= 4 is 17.9 Å². The molecule has 0 saturated carbocycles. The maximum absolute atomic E-state index is 12.6. The third kappa shape index (κ3) is 2.93. The number of carbonyl (C=O) groups excluding carboxylic acids is 1. The lowest BCUT2D eigenvalue weighted by Crippen LogP contribution is -2.04. The fourth-order valence-electron chi connectivity index (χ4n) is 1.55. The van der Waals surface area contributed by atoms with Gasteiger partial charge >= 0.3 is 6.18 Å². The average Bonchev–Trinajstić information content (AvgIpc) is 2.38. The molecule has 2 rings (SSSR count). The molecule has 19 heavy (non-hydrogen) atoms. The molecule has 0 spiro atoms. The number of aldehydes is 1. The molecule has 0 N–H and O–H groups in total. The Morgan fingerprint density at radius 1 is 1.16 bits per heavy atom. The van der Waals surface area contributed by atoms with Gasteiger partial charge in [-0.3, -0.25) is 4.79 Å². The van der Waals surface area contributed by atoms with E-state index in [0.29, 0.717) is 6.29 Å². The molecular formula is C13H7ClF3NO. The Morgan fingerprint density at radius 3 is 2.47 bits per heavy atom. The van der Waals surface area contributed by atoms with Gasteiger partial charge in [-0.25, -0.2) is 4.98 Å². The number of nitrogens with zero attached hydrogens (tertiary/aromatic N) is 1. The van der Waals surface area contributed by atoms with Crippen molar-refractivity contribution in [3.8, 4) is 11.3 Å². The van der Waals surface area contributed by atoms with Crippen LogP contribution in [0.1, 0.15) is 15.9 Å². The molecular weight excluding hydrogens is 279 g/mol. The molecule has 0 atom stereocenters. The quantitative estimate of drug-likeness (QED) is 0.610. The molecule has 2 aromatic rings. The van der Waals surface area contributed by atoms with Crippen molar-refractivity contribution in [3.05, 3.63) is 52.7 Å². The highest BCUT2D eigenvalue weighted by atomic mass is 35.5. The van der Waals surface area contributed by atoms with Crippen LogP contribution < -0.4 is 0 Å². The van der Waals surface area contributed by atoms with Crippen LogP contribution in [0.2, 0.25) is 5.15 Å². The first-order valence-electron chi connectivity index (χ1n) is 5.21. The van der Waals surface area contributed by atoms with Crippen molar-refractivity contribution in [2.75, 3.05) is 0 Å². The summed E-state index contributed by atoms with van der Waals surface area (Å²) in [6.45, 7) is 0. The van der Waals surface area contributed by atoms with E-state index in [2.05, 4.69) is 4.98 Å². The smallest absolute Gasteiger partial charge is 0.298 e. The number of hydrogen-bond donors (Lipinski definition) is 0. The van der Waals surface area contributed by atoms with Crippen LogP contribution >= 0.6 is 11.6 Å². The monoisotopic (exact) mass is 285 g/mol. The minimum atomic E-state index is -4.41. The SMILES string of the molecule is O=Cc1ccc(-c2cccc(C(F)(F)F)c2)nc1Cl. The molecule has 2 nitrogen and oxygen atoms in total. The zero-order valence-electron chi connectivity index (χ0n) is 9.41. The van der Waals surface area contributed by atoms with Crippen molar-refractivity contribution in [1.29, 1.82) is 0 Å². The second-order valence-electron chi connectivity index (χ2n) is 3.77. The van der Waals surface area contributed by atoms with Gasteiger partial charge in [0.25, 0.3) is 0 Å². The number of benzene rings is 1. The molecule has 0 aliphatic heterocycles. The molecule has 0 fully saturated rings. The van der Waals surface area contributed by atoms with Gasteiger partial charge in [0, 0.05) is 5.56 Å². The normalized spacial score (nSPS) is 11.4. The maximum atomic E-state index is 12.6. The minimum absolute atomic E-state index is 0.0371. The van der Waals surface area contributed by atoms with Crippen molar-refractivity contribution in [1.82, 2.24) is 4.98 Å². The highest BCUT2D eigenvalue weighted by Gasteiger charge is 2.30. The van der Waals surface area contributed by atoms with Gasteiger partial charge in [-0.15, -0.1) is 0 Å². The second kappa shape index (κ2) is 5.01. The van der Waals surface area contributed by atoms with E-state index in [1.165, 1.54) is 24.3 Å². The third-order valence-corrected chi connectivity index (χ3v) is 2.79. The summed E-state index contributed by atoms with van der Waals surface area (Å²) in [7, 11) is 0. The van der Waals surface area contributed by atoms with E-state index < -0.39 is 11.7 Å². The van der Waals surface area contributed by atoms with Crippen molar-refractivity contribution in [2.45, 2.75) is 6.18 Å². The summed E-state index contributed by atoms with van der Waals surface area (Å²) >= 11 is 5.74. The molecule has 0 aliphatic rings. The zero-order valence-corrected chi connectivity index (χ0v) is 10.2. The van der Waals surface area contributed by atoms with Gasteiger partial charge in [0.05, 0.1) is 16.8 Å². The fourth-order valence-corrected chi connectivity index (χ4v) is 1.75. The summed E-state index contributed by atoms with van der Waals surface area (Å²) in [4.78, 5) is 14.5. The van der Waals surface area contributed by atoms with Crippen LogP contribution in [0.5, 0.6) is 0 Å². The van der Waals surface area contributed by atoms with Gasteiger partial charge in [0.15, 0.2) is 6.29 Å². The highest BCUT2D eigenvalue weighted by molar-refractivity contribution is 6.31. The van der Waals surface area contributed by atoms with Crippen molar-refractivity contribution in [2.24, 2.45) is 0 Å². The Kier molecular flexibility index (Phi) is 3.57. The standard InChI is InChI=1S/C13H7ClF3NO/c14-12-9(7-19)4-5-11(18-12)8-2-1-3-10(6-8)13(15,16)17/h1-7H. The Morgan fingerprint density at radius 2 is 1.89 bits per heavy atom. The van der Waals surface area contributed by atoms with Crippen LogP contribution in [0.4, 0.5) is 13.2 Å². The second-order valence-corrected chi connectivity index (χ2v) is 4.13. The number of rotatable bonds is 2. The van der Waals surface area contributed by atoms with Crippen LogP contribution in [-0.4, -0.2) is 11.3 Å². The van der Waals surface area contributed by atoms with Gasteiger partial charge < -0.3 is 0 Å². The van der Waals surface area contributed by atoms with Gasteiger partial charge in [-0.05, 0) is 24.3 Å². The van der Waals surface area contributed by atoms with Crippen molar-refractivity contribution in [3.63, 3.8) is 0 Å². The van der Waals surface area contributed by atoms with Crippen LogP contribution in [0.25, 0.3) is 11.3 Å². The number of halogens is 4. The van der Waals surface area contributed by atoms with E-state index in [9.17, 15) is 18.0 Å². The van der Waals surface area contributed by atoms with Gasteiger partial charge in [0.2, 0.25) is 0 Å². The average molecular weight is 286 g/mol. The first kappa shape index (κ1) is 13.5. The summed E-state index contributed by atoms with van der Waals surface area (Å²) < 4.78 is 37.8. The molecule has 0 aliphatic carbocycles. The number of carbonyl (C=O) groups is 1. The first-order valence-corrected chi connectivity index (χ1v) is 5.59. The van der Waals surface area contributed by atoms with E-state index in [-0.39, 0.29) is 22.0 Å². The number of alkyl halides is 3. The lowest BCUT2D eigenvalue weighted by molar-refractivity contribution is -0.137. The lowest BCUT2D eigenvalue weighted by Gasteiger charge is -2.08. The van der Waals surface area contributed by atoms with Gasteiger partial charge in [-0.2, -0.15) is 13.2 Å².